The van der Waals surface area contributed by atoms with E-state index in [0.717, 1.165) is 69.6 Å². The maximum absolute atomic E-state index is 12.7. The summed E-state index contributed by atoms with van der Waals surface area (Å²) < 4.78 is 16.7. The van der Waals surface area contributed by atoms with E-state index in [2.05, 4.69) is 34.6 Å². The second-order valence-electron chi connectivity index (χ2n) is 16.6. The topological polar surface area (TPSA) is 78.9 Å². The highest BCUT2D eigenvalue weighted by molar-refractivity contribution is 5.71. The standard InChI is InChI=1S/C46H88O6/c1-6-7-8-9-10-11-16-21-26-31-36-44(47)50-39-43(52-46(49)38-33-28-23-18-13-15-20-25-30-35-42(4)5)40-51-45(48)37-32-27-22-17-12-14-19-24-29-34-41(2)3/h41-43H,6-40H2,1-5H3/t43-/m1/s1. The second kappa shape index (κ2) is 39.1. The molecule has 0 aliphatic carbocycles. The van der Waals surface area contributed by atoms with E-state index in [0.29, 0.717) is 19.3 Å². The van der Waals surface area contributed by atoms with Gasteiger partial charge in [0, 0.05) is 19.3 Å². The van der Waals surface area contributed by atoms with E-state index in [4.69, 9.17) is 14.2 Å². The largest absolute Gasteiger partial charge is 0.462 e. The summed E-state index contributed by atoms with van der Waals surface area (Å²) >= 11 is 0. The highest BCUT2D eigenvalue weighted by Gasteiger charge is 2.19. The quantitative estimate of drug-likeness (QED) is 0.0354. The number of hydrogen-bond donors (Lipinski definition) is 0. The van der Waals surface area contributed by atoms with Crippen molar-refractivity contribution in [1.82, 2.24) is 0 Å². The third-order valence-electron chi connectivity index (χ3n) is 10.2. The van der Waals surface area contributed by atoms with Gasteiger partial charge in [-0.1, -0.05) is 208 Å². The van der Waals surface area contributed by atoms with Gasteiger partial charge in [0.05, 0.1) is 0 Å². The predicted molar refractivity (Wildman–Crippen MR) is 220 cm³/mol. The molecular formula is C46H88O6. The molecule has 0 aliphatic rings. The van der Waals surface area contributed by atoms with E-state index in [1.54, 1.807) is 0 Å². The first-order valence-corrected chi connectivity index (χ1v) is 22.7. The molecule has 0 aromatic rings. The number of unbranched alkanes of at least 4 members (excludes halogenated alkanes) is 25. The maximum Gasteiger partial charge on any atom is 0.306 e. The Labute approximate surface area is 323 Å². The molecule has 0 unspecified atom stereocenters. The number of hydrogen-bond acceptors (Lipinski definition) is 6. The molecule has 0 aromatic carbocycles. The molecule has 0 fully saturated rings. The Bertz CT molecular complexity index is 794. The van der Waals surface area contributed by atoms with E-state index < -0.39 is 6.10 Å². The van der Waals surface area contributed by atoms with Crippen LogP contribution in [0.3, 0.4) is 0 Å². The van der Waals surface area contributed by atoms with Gasteiger partial charge in [-0.25, -0.2) is 0 Å². The van der Waals surface area contributed by atoms with Gasteiger partial charge in [-0.2, -0.15) is 0 Å². The van der Waals surface area contributed by atoms with Gasteiger partial charge in [0.25, 0.3) is 0 Å². The van der Waals surface area contributed by atoms with Crippen LogP contribution in [0.25, 0.3) is 0 Å². The monoisotopic (exact) mass is 737 g/mol. The third kappa shape index (κ3) is 39.6. The van der Waals surface area contributed by atoms with Crippen molar-refractivity contribution in [2.75, 3.05) is 13.2 Å². The van der Waals surface area contributed by atoms with Gasteiger partial charge >= 0.3 is 17.9 Å². The minimum absolute atomic E-state index is 0.0652. The fourth-order valence-corrected chi connectivity index (χ4v) is 6.75. The second-order valence-corrected chi connectivity index (χ2v) is 16.6. The lowest BCUT2D eigenvalue weighted by molar-refractivity contribution is -0.167. The molecule has 0 amide bonds. The molecule has 0 saturated carbocycles. The Morgan fingerprint density at radius 3 is 0.942 bits per heavy atom. The first-order chi connectivity index (χ1) is 25.2. The van der Waals surface area contributed by atoms with Gasteiger partial charge in [-0.15, -0.1) is 0 Å². The zero-order chi connectivity index (χ0) is 38.3. The fourth-order valence-electron chi connectivity index (χ4n) is 6.75. The maximum atomic E-state index is 12.7. The van der Waals surface area contributed by atoms with Crippen LogP contribution < -0.4 is 0 Å². The molecule has 6 heteroatoms. The zero-order valence-electron chi connectivity index (χ0n) is 35.4. The predicted octanol–water partition coefficient (Wildman–Crippen LogP) is 14.2. The minimum Gasteiger partial charge on any atom is -0.462 e. The van der Waals surface area contributed by atoms with Crippen LogP contribution in [0.4, 0.5) is 0 Å². The number of rotatable bonds is 40. The number of carbonyl (C=O) groups is 3. The van der Waals surface area contributed by atoms with E-state index in [9.17, 15) is 14.4 Å². The molecular weight excluding hydrogens is 648 g/mol. The van der Waals surface area contributed by atoms with Gasteiger partial charge in [-0.3, -0.25) is 14.4 Å². The van der Waals surface area contributed by atoms with Crippen LogP contribution in [0.5, 0.6) is 0 Å². The van der Waals surface area contributed by atoms with Crippen LogP contribution in [-0.4, -0.2) is 37.2 Å². The van der Waals surface area contributed by atoms with Crippen molar-refractivity contribution >= 4 is 17.9 Å². The molecule has 0 N–H and O–H groups in total. The molecule has 0 aliphatic heterocycles. The summed E-state index contributed by atoms with van der Waals surface area (Å²) in [4.78, 5) is 37.7. The summed E-state index contributed by atoms with van der Waals surface area (Å²) in [6.07, 6.45) is 36.6. The van der Waals surface area contributed by atoms with Crippen molar-refractivity contribution in [3.63, 3.8) is 0 Å². The molecule has 0 bridgehead atoms. The van der Waals surface area contributed by atoms with Gasteiger partial charge in [0.1, 0.15) is 13.2 Å². The SMILES string of the molecule is CCCCCCCCCCCCC(=O)OC[C@H](COC(=O)CCCCCCCCCCCC(C)C)OC(=O)CCCCCCCCCCCC(C)C. The normalized spacial score (nSPS) is 12.1. The molecule has 0 saturated heterocycles. The molecule has 0 rings (SSSR count). The van der Waals surface area contributed by atoms with Gasteiger partial charge in [0.15, 0.2) is 6.10 Å². The van der Waals surface area contributed by atoms with Crippen molar-refractivity contribution in [2.45, 2.75) is 253 Å². The first-order valence-electron chi connectivity index (χ1n) is 22.7. The highest BCUT2D eigenvalue weighted by atomic mass is 16.6. The number of carbonyl (C=O) groups excluding carboxylic acids is 3. The molecule has 0 aromatic heterocycles. The smallest absolute Gasteiger partial charge is 0.306 e. The Morgan fingerprint density at radius 1 is 0.365 bits per heavy atom. The Balaban J connectivity index is 4.34. The van der Waals surface area contributed by atoms with Crippen LogP contribution in [0.1, 0.15) is 247 Å². The van der Waals surface area contributed by atoms with Crippen molar-refractivity contribution in [3.05, 3.63) is 0 Å². The highest BCUT2D eigenvalue weighted by Crippen LogP contribution is 2.16. The molecule has 0 spiro atoms. The number of ether oxygens (including phenoxy) is 3. The number of esters is 3. The summed E-state index contributed by atoms with van der Waals surface area (Å²) in [5.74, 6) is 0.754. The Hall–Kier alpha value is -1.59. The Kier molecular flexibility index (Phi) is 37.9. The Morgan fingerprint density at radius 2 is 0.635 bits per heavy atom. The first kappa shape index (κ1) is 50.4. The average Bonchev–Trinajstić information content (AvgIpc) is 3.11. The van der Waals surface area contributed by atoms with Crippen LogP contribution in [-0.2, 0) is 28.6 Å². The van der Waals surface area contributed by atoms with E-state index in [-0.39, 0.29) is 31.1 Å². The van der Waals surface area contributed by atoms with Gasteiger partial charge in [-0.05, 0) is 31.1 Å². The molecule has 6 nitrogen and oxygen atoms in total. The summed E-state index contributed by atoms with van der Waals surface area (Å²) in [6, 6.07) is 0. The van der Waals surface area contributed by atoms with Crippen LogP contribution >= 0.6 is 0 Å². The van der Waals surface area contributed by atoms with Gasteiger partial charge in [0.2, 0.25) is 0 Å². The third-order valence-corrected chi connectivity index (χ3v) is 10.2. The van der Waals surface area contributed by atoms with Crippen molar-refractivity contribution in [3.8, 4) is 0 Å². The lowest BCUT2D eigenvalue weighted by atomic mass is 10.0. The average molecular weight is 737 g/mol. The fraction of sp³-hybridized carbons (Fsp3) is 0.935. The molecule has 0 radical (unpaired) electrons. The van der Waals surface area contributed by atoms with E-state index >= 15 is 0 Å². The van der Waals surface area contributed by atoms with Crippen molar-refractivity contribution < 1.29 is 28.6 Å². The summed E-state index contributed by atoms with van der Waals surface area (Å²) in [7, 11) is 0. The summed E-state index contributed by atoms with van der Waals surface area (Å²) in [5, 5.41) is 0. The lowest BCUT2D eigenvalue weighted by Gasteiger charge is -2.18. The molecule has 0 heterocycles. The van der Waals surface area contributed by atoms with Crippen molar-refractivity contribution in [1.29, 1.82) is 0 Å². The molecule has 308 valence electrons. The lowest BCUT2D eigenvalue weighted by Crippen LogP contribution is -2.30. The van der Waals surface area contributed by atoms with E-state index in [1.807, 2.05) is 0 Å². The minimum atomic E-state index is -0.760. The summed E-state index contributed by atoms with van der Waals surface area (Å²) in [6.45, 7) is 11.3. The van der Waals surface area contributed by atoms with Gasteiger partial charge < -0.3 is 14.2 Å². The van der Waals surface area contributed by atoms with Crippen LogP contribution in [0.15, 0.2) is 0 Å². The molecule has 52 heavy (non-hydrogen) atoms. The van der Waals surface area contributed by atoms with Crippen LogP contribution in [0.2, 0.25) is 0 Å². The van der Waals surface area contributed by atoms with E-state index in [1.165, 1.54) is 135 Å². The molecule has 1 atom stereocenters. The van der Waals surface area contributed by atoms with Crippen molar-refractivity contribution in [2.24, 2.45) is 11.8 Å². The summed E-state index contributed by atoms with van der Waals surface area (Å²) in [5.41, 5.74) is 0. The van der Waals surface area contributed by atoms with Crippen LogP contribution in [0, 0.1) is 11.8 Å². The zero-order valence-corrected chi connectivity index (χ0v) is 35.4.